The molecule has 3 heterocycles. The Balaban J connectivity index is 1.82. The van der Waals surface area contributed by atoms with Crippen molar-refractivity contribution in [2.45, 2.75) is 40.0 Å². The van der Waals surface area contributed by atoms with Crippen molar-refractivity contribution in [3.8, 4) is 11.5 Å². The molecule has 2 aromatic heterocycles. The van der Waals surface area contributed by atoms with Crippen molar-refractivity contribution in [1.29, 1.82) is 0 Å². The minimum absolute atomic E-state index is 0.197. The van der Waals surface area contributed by atoms with Crippen LogP contribution in [0, 0.1) is 20.8 Å². The molecule has 8 heteroatoms. The summed E-state index contributed by atoms with van der Waals surface area (Å²) < 4.78 is 3.87. The van der Waals surface area contributed by atoms with Gasteiger partial charge in [-0.05, 0) is 63.9 Å². The summed E-state index contributed by atoms with van der Waals surface area (Å²) in [5.41, 5.74) is 7.08. The first-order valence-corrected chi connectivity index (χ1v) is 10.9. The normalized spacial score (nSPS) is 14.8. The van der Waals surface area contributed by atoms with Gasteiger partial charge in [-0.15, -0.1) is 0 Å². The van der Waals surface area contributed by atoms with Gasteiger partial charge in [0.15, 0.2) is 5.69 Å². The average molecular weight is 446 g/mol. The van der Waals surface area contributed by atoms with Gasteiger partial charge in [-0.25, -0.2) is 9.69 Å². The molecule has 1 aromatic carbocycles. The molecule has 3 aromatic rings. The van der Waals surface area contributed by atoms with Crippen molar-refractivity contribution in [3.05, 3.63) is 63.0 Å². The maximum atomic E-state index is 13.1. The molecule has 0 bridgehead atoms. The second-order valence-corrected chi connectivity index (χ2v) is 8.56. The molecule has 1 saturated heterocycles. The predicted molar refractivity (Wildman–Crippen MR) is 120 cm³/mol. The zero-order chi connectivity index (χ0) is 21.4. The Morgan fingerprint density at radius 1 is 0.967 bits per heavy atom. The second kappa shape index (κ2) is 8.46. The highest BCUT2D eigenvalue weighted by atomic mass is 35.5. The number of carbonyl (C=O) groups excluding carboxylic acids is 1. The Kier molecular flexibility index (Phi) is 5.91. The summed E-state index contributed by atoms with van der Waals surface area (Å²) in [6.45, 7) is 7.72. The molecule has 0 spiro atoms. The molecule has 0 saturated carbocycles. The molecule has 0 unspecified atom stereocenters. The molecular weight excluding hydrogens is 421 g/mol. The van der Waals surface area contributed by atoms with Crippen LogP contribution in [0.2, 0.25) is 10.0 Å². The van der Waals surface area contributed by atoms with E-state index < -0.39 is 0 Å². The van der Waals surface area contributed by atoms with Crippen LogP contribution in [0.5, 0.6) is 0 Å². The van der Waals surface area contributed by atoms with Gasteiger partial charge in [0, 0.05) is 30.0 Å². The molecule has 0 atom stereocenters. The molecule has 1 aliphatic heterocycles. The molecular formula is C22H25Cl2N5O. The van der Waals surface area contributed by atoms with Crippen molar-refractivity contribution in [2.75, 3.05) is 13.1 Å². The third-order valence-corrected chi connectivity index (χ3v) is 6.29. The van der Waals surface area contributed by atoms with Crippen LogP contribution in [-0.2, 0) is 0 Å². The quantitative estimate of drug-likeness (QED) is 0.612. The van der Waals surface area contributed by atoms with Crippen LogP contribution in [0.3, 0.4) is 0 Å². The van der Waals surface area contributed by atoms with Crippen LogP contribution in [0.25, 0.3) is 11.5 Å². The van der Waals surface area contributed by atoms with Gasteiger partial charge in [0.25, 0.3) is 5.91 Å². The molecule has 0 radical (unpaired) electrons. The van der Waals surface area contributed by atoms with E-state index in [4.69, 9.17) is 28.3 Å². The minimum Gasteiger partial charge on any atom is -0.303 e. The van der Waals surface area contributed by atoms with Gasteiger partial charge >= 0.3 is 0 Å². The molecule has 0 aliphatic carbocycles. The number of hydrazine groups is 1. The summed E-state index contributed by atoms with van der Waals surface area (Å²) in [4.78, 5) is 13.1. The number of halogens is 2. The van der Waals surface area contributed by atoms with Gasteiger partial charge in [-0.2, -0.15) is 5.10 Å². The second-order valence-electron chi connectivity index (χ2n) is 7.75. The number of aryl methyl sites for hydroxylation is 2. The largest absolute Gasteiger partial charge is 0.303 e. The monoisotopic (exact) mass is 445 g/mol. The molecule has 1 N–H and O–H groups in total. The van der Waals surface area contributed by atoms with E-state index >= 15 is 0 Å². The molecule has 1 amide bonds. The Morgan fingerprint density at radius 2 is 1.63 bits per heavy atom. The van der Waals surface area contributed by atoms with Gasteiger partial charge < -0.3 is 4.57 Å². The molecule has 1 fully saturated rings. The smallest absolute Gasteiger partial charge is 0.286 e. The van der Waals surface area contributed by atoms with Crippen LogP contribution in [0.15, 0.2) is 30.3 Å². The van der Waals surface area contributed by atoms with Crippen LogP contribution >= 0.6 is 23.2 Å². The number of piperidine rings is 1. The van der Waals surface area contributed by atoms with E-state index in [1.807, 2.05) is 31.8 Å². The lowest BCUT2D eigenvalue weighted by molar-refractivity contribution is 0.0743. The highest BCUT2D eigenvalue weighted by molar-refractivity contribution is 6.42. The van der Waals surface area contributed by atoms with E-state index in [-0.39, 0.29) is 5.91 Å². The molecule has 158 valence electrons. The first-order valence-electron chi connectivity index (χ1n) is 10.1. The zero-order valence-corrected chi connectivity index (χ0v) is 18.9. The lowest BCUT2D eigenvalue weighted by Gasteiger charge is -2.26. The van der Waals surface area contributed by atoms with E-state index in [2.05, 4.69) is 22.1 Å². The van der Waals surface area contributed by atoms with Crippen molar-refractivity contribution in [3.63, 3.8) is 0 Å². The van der Waals surface area contributed by atoms with Gasteiger partial charge in [0.1, 0.15) is 5.82 Å². The molecule has 6 nitrogen and oxygen atoms in total. The highest BCUT2D eigenvalue weighted by Gasteiger charge is 2.25. The topological polar surface area (TPSA) is 55.1 Å². The van der Waals surface area contributed by atoms with Crippen molar-refractivity contribution in [2.24, 2.45) is 0 Å². The number of benzene rings is 1. The van der Waals surface area contributed by atoms with Gasteiger partial charge in [-0.1, -0.05) is 29.6 Å². The SMILES string of the molecule is Cc1c(C(=O)NN2CCCCC2)nn(-c2ccc(Cl)c(Cl)c2)c1-n1c(C)ccc1C. The zero-order valence-electron chi connectivity index (χ0n) is 17.4. The number of hydrogen-bond donors (Lipinski definition) is 1. The van der Waals surface area contributed by atoms with Crippen LogP contribution in [0.1, 0.15) is 46.7 Å². The molecule has 30 heavy (non-hydrogen) atoms. The number of nitrogens with zero attached hydrogens (tertiary/aromatic N) is 4. The van der Waals surface area contributed by atoms with Crippen LogP contribution in [-0.4, -0.2) is 38.4 Å². The number of hydrogen-bond acceptors (Lipinski definition) is 3. The summed E-state index contributed by atoms with van der Waals surface area (Å²) in [5.74, 6) is 0.620. The van der Waals surface area contributed by atoms with Gasteiger partial charge in [0.2, 0.25) is 0 Å². The lowest BCUT2D eigenvalue weighted by atomic mass is 10.2. The number of amides is 1. The fraction of sp³-hybridized carbons (Fsp3) is 0.364. The number of aromatic nitrogens is 3. The third kappa shape index (κ3) is 3.87. The summed E-state index contributed by atoms with van der Waals surface area (Å²) in [6, 6.07) is 9.46. The average Bonchev–Trinajstić information content (AvgIpc) is 3.23. The van der Waals surface area contributed by atoms with Gasteiger partial charge in [0.05, 0.1) is 15.7 Å². The summed E-state index contributed by atoms with van der Waals surface area (Å²) >= 11 is 12.4. The Bertz CT molecular complexity index is 1080. The Labute approximate surface area is 186 Å². The van der Waals surface area contributed by atoms with Gasteiger partial charge in [-0.3, -0.25) is 10.2 Å². The van der Waals surface area contributed by atoms with Crippen LogP contribution < -0.4 is 5.43 Å². The van der Waals surface area contributed by atoms with Crippen molar-refractivity contribution < 1.29 is 4.79 Å². The van der Waals surface area contributed by atoms with Crippen molar-refractivity contribution >= 4 is 29.1 Å². The van der Waals surface area contributed by atoms with E-state index in [1.165, 1.54) is 6.42 Å². The van der Waals surface area contributed by atoms with E-state index in [1.54, 1.807) is 16.8 Å². The number of rotatable bonds is 4. The number of nitrogens with one attached hydrogen (secondary N) is 1. The Morgan fingerprint density at radius 3 is 2.27 bits per heavy atom. The van der Waals surface area contributed by atoms with E-state index in [9.17, 15) is 4.79 Å². The minimum atomic E-state index is -0.197. The molecule has 4 rings (SSSR count). The van der Waals surface area contributed by atoms with Crippen molar-refractivity contribution in [1.82, 2.24) is 24.8 Å². The lowest BCUT2D eigenvalue weighted by Crippen LogP contribution is -2.45. The van der Waals surface area contributed by atoms with E-state index in [0.717, 1.165) is 54.4 Å². The molecule has 1 aliphatic rings. The fourth-order valence-electron chi connectivity index (χ4n) is 3.97. The Hall–Kier alpha value is -2.28. The maximum absolute atomic E-state index is 13.1. The third-order valence-electron chi connectivity index (χ3n) is 5.55. The summed E-state index contributed by atoms with van der Waals surface area (Å²) in [7, 11) is 0. The number of carbonyl (C=O) groups is 1. The first kappa shape index (κ1) is 21.0. The standard InChI is InChI=1S/C22H25Cl2N5O/c1-14-7-8-15(2)28(14)22-16(3)20(21(30)26-27-11-5-4-6-12-27)25-29(22)17-9-10-18(23)19(24)13-17/h7-10,13H,4-6,11-12H2,1-3H3,(H,26,30). The maximum Gasteiger partial charge on any atom is 0.286 e. The summed E-state index contributed by atoms with van der Waals surface area (Å²) in [5, 5.41) is 7.60. The fourth-order valence-corrected chi connectivity index (χ4v) is 4.26. The first-order chi connectivity index (χ1) is 14.4. The summed E-state index contributed by atoms with van der Waals surface area (Å²) in [6.07, 6.45) is 3.38. The highest BCUT2D eigenvalue weighted by Crippen LogP contribution is 2.29. The predicted octanol–water partition coefficient (Wildman–Crippen LogP) is 5.03. The van der Waals surface area contributed by atoms with Crippen LogP contribution in [0.4, 0.5) is 0 Å². The van der Waals surface area contributed by atoms with E-state index in [0.29, 0.717) is 15.7 Å².